The fourth-order valence-corrected chi connectivity index (χ4v) is 4.73. The smallest absolute Gasteiger partial charge is 0.223 e. The van der Waals surface area contributed by atoms with Gasteiger partial charge in [-0.2, -0.15) is 0 Å². The third kappa shape index (κ3) is 3.46. The number of amides is 1. The minimum atomic E-state index is -0.0232. The molecule has 0 spiro atoms. The molecular weight excluding hydrogens is 362 g/mol. The van der Waals surface area contributed by atoms with Crippen molar-refractivity contribution in [3.8, 4) is 0 Å². The van der Waals surface area contributed by atoms with Crippen molar-refractivity contribution in [2.24, 2.45) is 0 Å². The first-order chi connectivity index (χ1) is 14.2. The number of carbonyl (C=O) groups is 2. The number of benzene rings is 2. The van der Waals surface area contributed by atoms with Crippen molar-refractivity contribution in [1.82, 2.24) is 14.9 Å². The minimum Gasteiger partial charge on any atom is -0.340 e. The van der Waals surface area contributed by atoms with Gasteiger partial charge >= 0.3 is 0 Å². The quantitative estimate of drug-likeness (QED) is 0.661. The van der Waals surface area contributed by atoms with Crippen LogP contribution in [0.3, 0.4) is 0 Å². The van der Waals surface area contributed by atoms with E-state index in [1.165, 1.54) is 17.5 Å². The highest BCUT2D eigenvalue weighted by Crippen LogP contribution is 2.32. The summed E-state index contributed by atoms with van der Waals surface area (Å²) in [6, 6.07) is 13.9. The number of nitrogens with one attached hydrogen (secondary N) is 1. The lowest BCUT2D eigenvalue weighted by molar-refractivity contribution is -0.132. The molecule has 2 aromatic carbocycles. The van der Waals surface area contributed by atoms with E-state index >= 15 is 0 Å². The summed E-state index contributed by atoms with van der Waals surface area (Å²) in [7, 11) is 0. The van der Waals surface area contributed by atoms with Crippen LogP contribution in [0.15, 0.2) is 42.5 Å². The van der Waals surface area contributed by atoms with E-state index in [-0.39, 0.29) is 30.6 Å². The molecular formula is C24H25N3O2. The Kier molecular flexibility index (Phi) is 4.66. The summed E-state index contributed by atoms with van der Waals surface area (Å²) in [4.78, 5) is 35.5. The number of nitrogens with zero attached hydrogens (tertiary/aromatic N) is 2. The Morgan fingerprint density at radius 3 is 2.79 bits per heavy atom. The van der Waals surface area contributed by atoms with Crippen LogP contribution in [0, 0.1) is 0 Å². The molecule has 1 atom stereocenters. The SMILES string of the molecule is O=C(CCC(=O)N1CCCC1c1nc2ccccc2[nH]1)c1ccc2c(c1)CCC2. The Balaban J connectivity index is 1.25. The Labute approximate surface area is 170 Å². The van der Waals surface area contributed by atoms with E-state index in [4.69, 9.17) is 0 Å². The lowest BCUT2D eigenvalue weighted by Gasteiger charge is -2.23. The maximum Gasteiger partial charge on any atom is 0.223 e. The van der Waals surface area contributed by atoms with E-state index < -0.39 is 0 Å². The highest BCUT2D eigenvalue weighted by atomic mass is 16.2. The summed E-state index contributed by atoms with van der Waals surface area (Å²) in [5, 5.41) is 0. The van der Waals surface area contributed by atoms with Gasteiger partial charge < -0.3 is 9.88 Å². The maximum atomic E-state index is 12.9. The topological polar surface area (TPSA) is 66.1 Å². The van der Waals surface area contributed by atoms with Crippen LogP contribution in [0.5, 0.6) is 0 Å². The zero-order valence-corrected chi connectivity index (χ0v) is 16.5. The number of para-hydroxylation sites is 2. The fourth-order valence-electron chi connectivity index (χ4n) is 4.73. The first-order valence-corrected chi connectivity index (χ1v) is 10.6. The van der Waals surface area contributed by atoms with Crippen molar-refractivity contribution in [2.75, 3.05) is 6.54 Å². The number of hydrogen-bond acceptors (Lipinski definition) is 3. The predicted octanol–water partition coefficient (Wildman–Crippen LogP) is 4.38. The summed E-state index contributed by atoms with van der Waals surface area (Å²) in [5.41, 5.74) is 5.32. The van der Waals surface area contributed by atoms with E-state index in [2.05, 4.69) is 16.0 Å². The van der Waals surface area contributed by atoms with Gasteiger partial charge in [0, 0.05) is 24.9 Å². The monoisotopic (exact) mass is 387 g/mol. The molecule has 1 amide bonds. The molecule has 1 aromatic heterocycles. The molecule has 0 bridgehead atoms. The third-order valence-electron chi connectivity index (χ3n) is 6.28. The van der Waals surface area contributed by atoms with E-state index in [1.54, 1.807) is 0 Å². The highest BCUT2D eigenvalue weighted by Gasteiger charge is 2.32. The fraction of sp³-hybridized carbons (Fsp3) is 0.375. The highest BCUT2D eigenvalue weighted by molar-refractivity contribution is 5.98. The van der Waals surface area contributed by atoms with Crippen LogP contribution in [0.1, 0.15) is 65.5 Å². The first kappa shape index (κ1) is 18.1. The molecule has 1 fully saturated rings. The van der Waals surface area contributed by atoms with Crippen molar-refractivity contribution in [1.29, 1.82) is 0 Å². The summed E-state index contributed by atoms with van der Waals surface area (Å²) >= 11 is 0. The maximum absolute atomic E-state index is 12.9. The van der Waals surface area contributed by atoms with Crippen LogP contribution in [0.4, 0.5) is 0 Å². The van der Waals surface area contributed by atoms with Gasteiger partial charge in [-0.1, -0.05) is 24.3 Å². The van der Waals surface area contributed by atoms with Crippen LogP contribution >= 0.6 is 0 Å². The van der Waals surface area contributed by atoms with Crippen molar-refractivity contribution in [3.63, 3.8) is 0 Å². The number of carbonyl (C=O) groups excluding carboxylic acids is 2. The Morgan fingerprint density at radius 1 is 1.03 bits per heavy atom. The largest absolute Gasteiger partial charge is 0.340 e. The number of fused-ring (bicyclic) bond motifs is 2. The molecule has 5 rings (SSSR count). The van der Waals surface area contributed by atoms with Crippen molar-refractivity contribution >= 4 is 22.7 Å². The van der Waals surface area contributed by atoms with Gasteiger partial charge in [0.1, 0.15) is 5.82 Å². The Bertz CT molecular complexity index is 1050. The number of H-pyrrole nitrogens is 1. The molecule has 3 aromatic rings. The molecule has 1 N–H and O–H groups in total. The molecule has 5 nitrogen and oxygen atoms in total. The van der Waals surface area contributed by atoms with Gasteiger partial charge in [0.2, 0.25) is 5.91 Å². The number of Topliss-reactive ketones (excluding diaryl/α,β-unsaturated/α-hetero) is 1. The molecule has 1 saturated heterocycles. The summed E-state index contributed by atoms with van der Waals surface area (Å²) in [6.45, 7) is 0.730. The minimum absolute atomic E-state index is 0.0232. The van der Waals surface area contributed by atoms with Gasteiger partial charge in [-0.3, -0.25) is 9.59 Å². The van der Waals surface area contributed by atoms with Crippen LogP contribution in [-0.4, -0.2) is 33.1 Å². The number of aryl methyl sites for hydroxylation is 2. The van der Waals surface area contributed by atoms with E-state index in [1.807, 2.05) is 41.3 Å². The molecule has 5 heteroatoms. The lowest BCUT2D eigenvalue weighted by Crippen LogP contribution is -2.31. The second-order valence-electron chi connectivity index (χ2n) is 8.14. The molecule has 0 saturated carbocycles. The first-order valence-electron chi connectivity index (χ1n) is 10.6. The molecule has 2 aliphatic rings. The summed E-state index contributed by atoms with van der Waals surface area (Å²) < 4.78 is 0. The summed E-state index contributed by atoms with van der Waals surface area (Å²) in [6.07, 6.45) is 5.73. The molecule has 0 radical (unpaired) electrons. The molecule has 148 valence electrons. The van der Waals surface area contributed by atoms with E-state index in [0.717, 1.165) is 54.6 Å². The van der Waals surface area contributed by atoms with Gasteiger partial charge in [-0.25, -0.2) is 4.98 Å². The zero-order chi connectivity index (χ0) is 19.8. The number of ketones is 1. The van der Waals surface area contributed by atoms with Crippen LogP contribution in [0.25, 0.3) is 11.0 Å². The van der Waals surface area contributed by atoms with Gasteiger partial charge in [0.05, 0.1) is 17.1 Å². The van der Waals surface area contributed by atoms with Crippen LogP contribution in [-0.2, 0) is 17.6 Å². The van der Waals surface area contributed by atoms with Crippen LogP contribution < -0.4 is 0 Å². The summed E-state index contributed by atoms with van der Waals surface area (Å²) in [5.74, 6) is 0.956. The lowest BCUT2D eigenvalue weighted by atomic mass is 10.0. The Morgan fingerprint density at radius 2 is 1.90 bits per heavy atom. The van der Waals surface area contributed by atoms with E-state index in [0.29, 0.717) is 0 Å². The molecule has 1 aliphatic heterocycles. The number of hydrogen-bond donors (Lipinski definition) is 1. The number of aromatic amines is 1. The molecule has 2 heterocycles. The number of rotatable bonds is 5. The second-order valence-corrected chi connectivity index (χ2v) is 8.14. The Hall–Kier alpha value is -2.95. The average Bonchev–Trinajstić information content (AvgIpc) is 3.49. The third-order valence-corrected chi connectivity index (χ3v) is 6.28. The number of aromatic nitrogens is 2. The van der Waals surface area contributed by atoms with Crippen molar-refractivity contribution in [3.05, 3.63) is 65.0 Å². The van der Waals surface area contributed by atoms with Crippen molar-refractivity contribution in [2.45, 2.75) is 51.0 Å². The molecule has 1 aliphatic carbocycles. The number of imidazole rings is 1. The predicted molar refractivity (Wildman–Crippen MR) is 112 cm³/mol. The molecule has 29 heavy (non-hydrogen) atoms. The molecule has 1 unspecified atom stereocenters. The van der Waals surface area contributed by atoms with Crippen LogP contribution in [0.2, 0.25) is 0 Å². The van der Waals surface area contributed by atoms with Gasteiger partial charge in [0.25, 0.3) is 0 Å². The normalized spacial score (nSPS) is 18.3. The van der Waals surface area contributed by atoms with Gasteiger partial charge in [-0.05, 0) is 61.4 Å². The van der Waals surface area contributed by atoms with Gasteiger partial charge in [-0.15, -0.1) is 0 Å². The van der Waals surface area contributed by atoms with E-state index in [9.17, 15) is 9.59 Å². The second kappa shape index (κ2) is 7.47. The standard InChI is InChI=1S/C24H25N3O2/c28-22(18-11-10-16-5-3-6-17(16)15-18)12-13-23(29)27-14-4-9-21(27)24-25-19-7-1-2-8-20(19)26-24/h1-2,7-8,10-11,15,21H,3-6,9,12-14H2,(H,25,26). The van der Waals surface area contributed by atoms with Gasteiger partial charge in [0.15, 0.2) is 5.78 Å². The zero-order valence-electron chi connectivity index (χ0n) is 16.5. The number of likely N-dealkylation sites (tertiary alicyclic amines) is 1. The van der Waals surface area contributed by atoms with Crippen molar-refractivity contribution < 1.29 is 9.59 Å². The average molecular weight is 387 g/mol.